The van der Waals surface area contributed by atoms with Crippen LogP contribution in [-0.2, 0) is 12.8 Å². The van der Waals surface area contributed by atoms with E-state index in [-0.39, 0.29) is 18.8 Å². The van der Waals surface area contributed by atoms with Crippen molar-refractivity contribution in [3.05, 3.63) is 35.4 Å². The molecule has 98 valence electrons. The molecule has 18 heavy (non-hydrogen) atoms. The molecule has 0 aliphatic heterocycles. The number of hydrogen-bond acceptors (Lipinski definition) is 1. The summed E-state index contributed by atoms with van der Waals surface area (Å²) in [6.45, 7) is 0. The molecule has 1 unspecified atom stereocenters. The number of hydrogen-bond donors (Lipinski definition) is 1. The Hall–Kier alpha value is -0.960. The zero-order valence-electron chi connectivity index (χ0n) is 10.3. The number of rotatable bonds is 2. The van der Waals surface area contributed by atoms with E-state index in [1.165, 1.54) is 11.1 Å². The minimum atomic E-state index is -2.51. The van der Waals surface area contributed by atoms with Gasteiger partial charge in [0.2, 0.25) is 5.92 Å². The predicted molar refractivity (Wildman–Crippen MR) is 65.7 cm³/mol. The normalized spacial score (nSPS) is 28.3. The second-order valence-electron chi connectivity index (χ2n) is 6.02. The average molecular weight is 252 g/mol. The molecule has 3 heteroatoms. The Morgan fingerprint density at radius 2 is 1.78 bits per heavy atom. The number of aliphatic hydroxyl groups is 1. The van der Waals surface area contributed by atoms with E-state index in [1.807, 2.05) is 24.3 Å². The molecule has 2 aliphatic carbocycles. The van der Waals surface area contributed by atoms with Crippen molar-refractivity contribution in [2.45, 2.75) is 50.0 Å². The number of alkyl halides is 2. The van der Waals surface area contributed by atoms with Crippen LogP contribution in [0, 0.1) is 5.92 Å². The molecule has 3 rings (SSSR count). The van der Waals surface area contributed by atoms with Crippen LogP contribution in [0.15, 0.2) is 24.3 Å². The van der Waals surface area contributed by atoms with Gasteiger partial charge in [-0.3, -0.25) is 0 Å². The van der Waals surface area contributed by atoms with Gasteiger partial charge in [-0.2, -0.15) is 0 Å². The van der Waals surface area contributed by atoms with E-state index >= 15 is 0 Å². The van der Waals surface area contributed by atoms with E-state index in [0.717, 1.165) is 0 Å². The highest BCUT2D eigenvalue weighted by Crippen LogP contribution is 2.44. The predicted octanol–water partition coefficient (Wildman–Crippen LogP) is 3.34. The summed E-state index contributed by atoms with van der Waals surface area (Å²) < 4.78 is 26.3. The molecular formula is C15H18F2O. The molecule has 1 N–H and O–H groups in total. The fraction of sp³-hybridized carbons (Fsp3) is 0.600. The first kappa shape index (κ1) is 12.1. The zero-order chi connectivity index (χ0) is 12.8. The van der Waals surface area contributed by atoms with Gasteiger partial charge in [0.1, 0.15) is 0 Å². The van der Waals surface area contributed by atoms with E-state index < -0.39 is 11.5 Å². The van der Waals surface area contributed by atoms with Crippen LogP contribution >= 0.6 is 0 Å². The second kappa shape index (κ2) is 4.02. The van der Waals surface area contributed by atoms with Crippen LogP contribution in [0.4, 0.5) is 8.78 Å². The lowest BCUT2D eigenvalue weighted by molar-refractivity contribution is -0.00735. The first-order valence-corrected chi connectivity index (χ1v) is 6.63. The van der Waals surface area contributed by atoms with Crippen molar-refractivity contribution in [3.8, 4) is 0 Å². The third-order valence-corrected chi connectivity index (χ3v) is 4.33. The molecule has 1 aromatic carbocycles. The fourth-order valence-corrected chi connectivity index (χ4v) is 3.57. The van der Waals surface area contributed by atoms with E-state index in [4.69, 9.17) is 0 Å². The standard InChI is InChI=1S/C15H18F2O/c16-15(17)6-5-11(8-15)7-14(18)9-12-3-1-2-4-13(12)10-14/h1-4,11,18H,5-10H2. The summed E-state index contributed by atoms with van der Waals surface area (Å²) in [5, 5.41) is 10.6. The van der Waals surface area contributed by atoms with Gasteiger partial charge in [-0.15, -0.1) is 0 Å². The summed E-state index contributed by atoms with van der Waals surface area (Å²) in [6, 6.07) is 7.98. The number of fused-ring (bicyclic) bond motifs is 1. The van der Waals surface area contributed by atoms with Crippen molar-refractivity contribution in [1.82, 2.24) is 0 Å². The van der Waals surface area contributed by atoms with E-state index in [2.05, 4.69) is 0 Å². The Morgan fingerprint density at radius 1 is 1.17 bits per heavy atom. The van der Waals surface area contributed by atoms with Crippen LogP contribution in [0.3, 0.4) is 0 Å². The van der Waals surface area contributed by atoms with Gasteiger partial charge >= 0.3 is 0 Å². The number of benzene rings is 1. The summed E-state index contributed by atoms with van der Waals surface area (Å²) in [6.07, 6.45) is 2.23. The molecule has 1 saturated carbocycles. The minimum absolute atomic E-state index is 0.0132. The highest BCUT2D eigenvalue weighted by molar-refractivity contribution is 5.35. The Balaban J connectivity index is 1.68. The largest absolute Gasteiger partial charge is 0.389 e. The van der Waals surface area contributed by atoms with Crippen molar-refractivity contribution in [2.75, 3.05) is 0 Å². The molecule has 0 aromatic heterocycles. The maximum atomic E-state index is 13.2. The molecule has 1 aromatic rings. The maximum absolute atomic E-state index is 13.2. The van der Waals surface area contributed by atoms with Crippen LogP contribution in [-0.4, -0.2) is 16.6 Å². The molecule has 0 heterocycles. The average Bonchev–Trinajstić information content (AvgIpc) is 2.77. The van der Waals surface area contributed by atoms with Crippen molar-refractivity contribution in [1.29, 1.82) is 0 Å². The van der Waals surface area contributed by atoms with Gasteiger partial charge in [0, 0.05) is 25.7 Å². The van der Waals surface area contributed by atoms with Crippen LogP contribution < -0.4 is 0 Å². The molecular weight excluding hydrogens is 234 g/mol. The lowest BCUT2D eigenvalue weighted by Crippen LogP contribution is -2.32. The van der Waals surface area contributed by atoms with Gasteiger partial charge in [-0.05, 0) is 29.9 Å². The third kappa shape index (κ3) is 2.28. The van der Waals surface area contributed by atoms with Crippen molar-refractivity contribution in [3.63, 3.8) is 0 Å². The molecule has 0 saturated heterocycles. The monoisotopic (exact) mass is 252 g/mol. The molecule has 2 aliphatic rings. The third-order valence-electron chi connectivity index (χ3n) is 4.33. The summed E-state index contributed by atoms with van der Waals surface area (Å²) in [7, 11) is 0. The first-order chi connectivity index (χ1) is 8.46. The Labute approximate surface area is 106 Å². The molecule has 1 nitrogen and oxygen atoms in total. The van der Waals surface area contributed by atoms with Crippen LogP contribution in [0.1, 0.15) is 36.8 Å². The second-order valence-corrected chi connectivity index (χ2v) is 6.02. The van der Waals surface area contributed by atoms with Gasteiger partial charge in [0.25, 0.3) is 0 Å². The van der Waals surface area contributed by atoms with Gasteiger partial charge in [0.15, 0.2) is 0 Å². The first-order valence-electron chi connectivity index (χ1n) is 6.63. The Bertz CT molecular complexity index is 431. The summed E-state index contributed by atoms with van der Waals surface area (Å²) in [5.41, 5.74) is 1.55. The van der Waals surface area contributed by atoms with Crippen LogP contribution in [0.5, 0.6) is 0 Å². The van der Waals surface area contributed by atoms with E-state index in [0.29, 0.717) is 25.7 Å². The maximum Gasteiger partial charge on any atom is 0.248 e. The molecule has 0 amide bonds. The summed E-state index contributed by atoms with van der Waals surface area (Å²) in [5.74, 6) is -2.54. The number of halogens is 2. The van der Waals surface area contributed by atoms with Crippen LogP contribution in [0.25, 0.3) is 0 Å². The summed E-state index contributed by atoms with van der Waals surface area (Å²) in [4.78, 5) is 0. The molecule has 1 fully saturated rings. The van der Waals surface area contributed by atoms with Crippen molar-refractivity contribution < 1.29 is 13.9 Å². The highest BCUT2D eigenvalue weighted by Gasteiger charge is 2.44. The van der Waals surface area contributed by atoms with Crippen molar-refractivity contribution in [2.24, 2.45) is 5.92 Å². The Morgan fingerprint density at radius 3 is 2.28 bits per heavy atom. The zero-order valence-corrected chi connectivity index (χ0v) is 10.3. The quantitative estimate of drug-likeness (QED) is 0.856. The lowest BCUT2D eigenvalue weighted by atomic mass is 9.87. The van der Waals surface area contributed by atoms with E-state index in [9.17, 15) is 13.9 Å². The van der Waals surface area contributed by atoms with Crippen LogP contribution in [0.2, 0.25) is 0 Å². The van der Waals surface area contributed by atoms with Gasteiger partial charge in [-0.25, -0.2) is 8.78 Å². The molecule has 0 radical (unpaired) electrons. The van der Waals surface area contributed by atoms with Gasteiger partial charge in [-0.1, -0.05) is 24.3 Å². The topological polar surface area (TPSA) is 20.2 Å². The SMILES string of the molecule is OC1(CC2CCC(F)(F)C2)Cc2ccccc2C1. The van der Waals surface area contributed by atoms with Crippen molar-refractivity contribution >= 4 is 0 Å². The van der Waals surface area contributed by atoms with Gasteiger partial charge < -0.3 is 5.11 Å². The molecule has 1 atom stereocenters. The van der Waals surface area contributed by atoms with E-state index in [1.54, 1.807) is 0 Å². The summed E-state index contributed by atoms with van der Waals surface area (Å²) >= 11 is 0. The lowest BCUT2D eigenvalue weighted by Gasteiger charge is -2.25. The fourth-order valence-electron chi connectivity index (χ4n) is 3.57. The highest BCUT2D eigenvalue weighted by atomic mass is 19.3. The smallest absolute Gasteiger partial charge is 0.248 e. The van der Waals surface area contributed by atoms with Gasteiger partial charge in [0.05, 0.1) is 5.60 Å². The molecule has 0 spiro atoms. The Kier molecular flexibility index (Phi) is 2.70. The minimum Gasteiger partial charge on any atom is -0.389 e. The molecule has 0 bridgehead atoms.